The molecule has 2 aromatic rings. The molecule has 0 saturated carbocycles. The number of nitrogens with one attached hydrogen (secondary N) is 1. The molecule has 1 aromatic carbocycles. The molecule has 0 spiro atoms. The minimum atomic E-state index is -4.04. The number of rotatable bonds is 5. The molecule has 122 valence electrons. The number of carboxylic acids is 1. The number of H-pyrrole nitrogens is 1. The summed E-state index contributed by atoms with van der Waals surface area (Å²) in [6.07, 6.45) is 1.08. The summed E-state index contributed by atoms with van der Waals surface area (Å²) in [6, 6.07) is 7.05. The van der Waals surface area contributed by atoms with E-state index in [9.17, 15) is 18.0 Å². The lowest BCUT2D eigenvalue weighted by Gasteiger charge is -2.20. The van der Waals surface area contributed by atoms with Crippen LogP contribution in [0.4, 0.5) is 5.69 Å². The van der Waals surface area contributed by atoms with Gasteiger partial charge in [0.25, 0.3) is 10.0 Å². The van der Waals surface area contributed by atoms with Gasteiger partial charge in [-0.3, -0.25) is 4.31 Å². The largest absolute Gasteiger partial charge is 0.477 e. The minimum Gasteiger partial charge on any atom is -0.477 e. The maximum Gasteiger partial charge on any atom is 0.352 e. The number of aromatic nitrogens is 1. The number of hydrogen-bond donors (Lipinski definition) is 2. The number of methoxy groups -OCH3 is 1. The van der Waals surface area contributed by atoms with Crippen molar-refractivity contribution in [3.63, 3.8) is 0 Å². The number of sulfonamides is 1. The first-order valence-electron chi connectivity index (χ1n) is 6.37. The number of anilines is 1. The number of carbonyl (C=O) groups is 2. The van der Waals surface area contributed by atoms with Crippen LogP contribution in [0.15, 0.2) is 41.4 Å². The summed E-state index contributed by atoms with van der Waals surface area (Å²) in [6.45, 7) is 0. The summed E-state index contributed by atoms with van der Waals surface area (Å²) in [5, 5.41) is 8.87. The summed E-state index contributed by atoms with van der Waals surface area (Å²) in [7, 11) is -1.58. The second-order valence-corrected chi connectivity index (χ2v) is 6.50. The fraction of sp³-hybridized carbons (Fsp3) is 0.143. The highest BCUT2D eigenvalue weighted by molar-refractivity contribution is 7.92. The summed E-state index contributed by atoms with van der Waals surface area (Å²) in [5.41, 5.74) is -0.0503. The zero-order valence-electron chi connectivity index (χ0n) is 12.3. The number of hydrogen-bond acceptors (Lipinski definition) is 5. The average Bonchev–Trinajstić information content (AvgIpc) is 3.04. The third-order valence-electron chi connectivity index (χ3n) is 3.19. The molecular weight excluding hydrogens is 324 g/mol. The van der Waals surface area contributed by atoms with E-state index >= 15 is 0 Å². The highest BCUT2D eigenvalue weighted by Crippen LogP contribution is 2.26. The highest BCUT2D eigenvalue weighted by Gasteiger charge is 2.27. The summed E-state index contributed by atoms with van der Waals surface area (Å²) >= 11 is 0. The van der Waals surface area contributed by atoms with E-state index < -0.39 is 22.0 Å². The second kappa shape index (κ2) is 6.13. The number of ether oxygens (including phenoxy) is 1. The van der Waals surface area contributed by atoms with Crippen LogP contribution in [-0.4, -0.2) is 44.6 Å². The number of nitrogens with zero attached hydrogens (tertiary/aromatic N) is 1. The molecule has 9 heteroatoms. The van der Waals surface area contributed by atoms with E-state index in [1.165, 1.54) is 26.3 Å². The topological polar surface area (TPSA) is 117 Å². The van der Waals surface area contributed by atoms with Crippen molar-refractivity contribution < 1.29 is 27.9 Å². The van der Waals surface area contributed by atoms with Crippen LogP contribution in [0, 0.1) is 0 Å². The van der Waals surface area contributed by atoms with E-state index in [0.717, 1.165) is 16.6 Å². The Bertz CT molecular complexity index is 856. The first-order valence-corrected chi connectivity index (χ1v) is 7.81. The predicted octanol–water partition coefficient (Wildman–Crippen LogP) is 1.32. The number of para-hydroxylation sites is 1. The van der Waals surface area contributed by atoms with E-state index in [-0.39, 0.29) is 21.8 Å². The Morgan fingerprint density at radius 3 is 2.48 bits per heavy atom. The van der Waals surface area contributed by atoms with Crippen molar-refractivity contribution in [3.05, 3.63) is 47.8 Å². The van der Waals surface area contributed by atoms with Gasteiger partial charge in [-0.2, -0.15) is 0 Å². The quantitative estimate of drug-likeness (QED) is 0.794. The van der Waals surface area contributed by atoms with Crippen molar-refractivity contribution in [2.24, 2.45) is 0 Å². The van der Waals surface area contributed by atoms with Crippen LogP contribution in [0.1, 0.15) is 20.8 Å². The SMILES string of the molecule is COC(=O)c1ccccc1N(C)S(=O)(=O)c1c[nH]c(C(=O)O)c1. The van der Waals surface area contributed by atoms with Crippen LogP contribution in [0.2, 0.25) is 0 Å². The third kappa shape index (κ3) is 3.04. The maximum atomic E-state index is 12.6. The molecule has 0 aliphatic heterocycles. The lowest BCUT2D eigenvalue weighted by Crippen LogP contribution is -2.28. The smallest absolute Gasteiger partial charge is 0.352 e. The van der Waals surface area contributed by atoms with Crippen LogP contribution < -0.4 is 4.31 Å². The predicted molar refractivity (Wildman–Crippen MR) is 81.1 cm³/mol. The minimum absolute atomic E-state index is 0.0788. The molecule has 0 aliphatic carbocycles. The first kappa shape index (κ1) is 16.6. The lowest BCUT2D eigenvalue weighted by molar-refractivity contribution is 0.0600. The monoisotopic (exact) mass is 338 g/mol. The van der Waals surface area contributed by atoms with Gasteiger partial charge in [-0.1, -0.05) is 12.1 Å². The van der Waals surface area contributed by atoms with Crippen LogP contribution in [0.3, 0.4) is 0 Å². The number of carbonyl (C=O) groups excluding carboxylic acids is 1. The van der Waals surface area contributed by atoms with Gasteiger partial charge in [0.15, 0.2) is 0 Å². The Morgan fingerprint density at radius 1 is 1.26 bits per heavy atom. The first-order chi connectivity index (χ1) is 10.8. The van der Waals surface area contributed by atoms with Crippen molar-refractivity contribution in [1.82, 2.24) is 4.98 Å². The molecule has 0 aliphatic rings. The van der Waals surface area contributed by atoms with E-state index in [4.69, 9.17) is 5.11 Å². The fourth-order valence-corrected chi connectivity index (χ4v) is 3.17. The van der Waals surface area contributed by atoms with Crippen LogP contribution in [0.25, 0.3) is 0 Å². The zero-order chi connectivity index (χ0) is 17.2. The van der Waals surface area contributed by atoms with Crippen molar-refractivity contribution in [2.75, 3.05) is 18.5 Å². The number of carboxylic acid groups (broad SMARTS) is 1. The van der Waals surface area contributed by atoms with Gasteiger partial charge in [0.05, 0.1) is 18.4 Å². The Labute approximate surface area is 132 Å². The fourth-order valence-electron chi connectivity index (χ4n) is 1.97. The van der Waals surface area contributed by atoms with Crippen LogP contribution in [0.5, 0.6) is 0 Å². The molecule has 0 amide bonds. The number of aromatic amines is 1. The van der Waals surface area contributed by atoms with Gasteiger partial charge in [-0.15, -0.1) is 0 Å². The summed E-state index contributed by atoms with van der Waals surface area (Å²) < 4.78 is 30.7. The van der Waals surface area contributed by atoms with Gasteiger partial charge in [0, 0.05) is 13.2 Å². The van der Waals surface area contributed by atoms with Crippen molar-refractivity contribution in [3.8, 4) is 0 Å². The van der Waals surface area contributed by atoms with Gasteiger partial charge >= 0.3 is 11.9 Å². The number of benzene rings is 1. The molecule has 0 fully saturated rings. The van der Waals surface area contributed by atoms with Crippen molar-refractivity contribution in [2.45, 2.75) is 4.90 Å². The van der Waals surface area contributed by atoms with E-state index in [0.29, 0.717) is 0 Å². The maximum absolute atomic E-state index is 12.6. The highest BCUT2D eigenvalue weighted by atomic mass is 32.2. The molecule has 2 N–H and O–H groups in total. The molecule has 1 aromatic heterocycles. The molecule has 0 atom stereocenters. The van der Waals surface area contributed by atoms with Crippen LogP contribution in [-0.2, 0) is 14.8 Å². The van der Waals surface area contributed by atoms with Crippen molar-refractivity contribution >= 4 is 27.6 Å². The molecule has 0 saturated heterocycles. The van der Waals surface area contributed by atoms with Gasteiger partial charge < -0.3 is 14.8 Å². The Balaban J connectivity index is 2.48. The Kier molecular flexibility index (Phi) is 4.41. The summed E-state index contributed by atoms with van der Waals surface area (Å²) in [4.78, 5) is 24.8. The molecule has 0 bridgehead atoms. The molecule has 0 radical (unpaired) electrons. The molecule has 23 heavy (non-hydrogen) atoms. The standard InChI is InChI=1S/C14H14N2O6S/c1-16(12-6-4-3-5-10(12)14(19)22-2)23(20,21)9-7-11(13(17)18)15-8-9/h3-8,15H,1-2H3,(H,17,18). The summed E-state index contributed by atoms with van der Waals surface area (Å²) in [5.74, 6) is -1.95. The molecule has 1 heterocycles. The lowest BCUT2D eigenvalue weighted by atomic mass is 10.2. The van der Waals surface area contributed by atoms with Gasteiger partial charge in [-0.25, -0.2) is 18.0 Å². The normalized spacial score (nSPS) is 11.0. The molecule has 2 rings (SSSR count). The van der Waals surface area contributed by atoms with E-state index in [1.807, 2.05) is 0 Å². The van der Waals surface area contributed by atoms with Crippen molar-refractivity contribution in [1.29, 1.82) is 0 Å². The Morgan fingerprint density at radius 2 is 1.91 bits per heavy atom. The van der Waals surface area contributed by atoms with E-state index in [2.05, 4.69) is 9.72 Å². The van der Waals surface area contributed by atoms with Crippen LogP contribution >= 0.6 is 0 Å². The van der Waals surface area contributed by atoms with Gasteiger partial charge in [0.1, 0.15) is 10.6 Å². The van der Waals surface area contributed by atoms with Gasteiger partial charge in [0.2, 0.25) is 0 Å². The molecule has 8 nitrogen and oxygen atoms in total. The second-order valence-electron chi connectivity index (χ2n) is 4.54. The van der Waals surface area contributed by atoms with E-state index in [1.54, 1.807) is 12.1 Å². The zero-order valence-corrected chi connectivity index (χ0v) is 13.1. The molecular formula is C14H14N2O6S. The average molecular weight is 338 g/mol. The number of aromatic carboxylic acids is 1. The molecule has 0 unspecified atom stereocenters. The third-order valence-corrected chi connectivity index (χ3v) is 4.94. The van der Waals surface area contributed by atoms with Gasteiger partial charge in [-0.05, 0) is 18.2 Å². The Hall–Kier alpha value is -2.81. The number of esters is 1.